The van der Waals surface area contributed by atoms with E-state index in [2.05, 4.69) is 0 Å². The van der Waals surface area contributed by atoms with Crippen LogP contribution in [0.1, 0.15) is 26.9 Å². The van der Waals surface area contributed by atoms with Crippen molar-refractivity contribution >= 4 is 17.7 Å². The molecule has 1 saturated heterocycles. The van der Waals surface area contributed by atoms with E-state index in [4.69, 9.17) is 9.47 Å². The number of amides is 1. The van der Waals surface area contributed by atoms with E-state index in [-0.39, 0.29) is 16.8 Å². The van der Waals surface area contributed by atoms with Crippen LogP contribution in [0.15, 0.2) is 42.5 Å². The molecule has 0 bridgehead atoms. The van der Waals surface area contributed by atoms with E-state index in [0.717, 1.165) is 23.4 Å². The van der Waals surface area contributed by atoms with Crippen LogP contribution < -0.4 is 9.47 Å². The summed E-state index contributed by atoms with van der Waals surface area (Å²) in [6, 6.07) is 9.64. The molecule has 1 fully saturated rings. The van der Waals surface area contributed by atoms with Crippen LogP contribution in [0.2, 0.25) is 0 Å². The highest BCUT2D eigenvalue weighted by Crippen LogP contribution is 2.43. The second kappa shape index (κ2) is 7.72. The minimum atomic E-state index is -4.43. The van der Waals surface area contributed by atoms with Gasteiger partial charge in [0.25, 0.3) is 5.91 Å². The average Bonchev–Trinajstić information content (AvgIpc) is 3.15. The molecular formula is C19H18F3NO3S. The van der Waals surface area contributed by atoms with Gasteiger partial charge in [-0.15, -0.1) is 11.8 Å². The molecule has 2 aromatic carbocycles. The van der Waals surface area contributed by atoms with Crippen molar-refractivity contribution in [2.24, 2.45) is 0 Å². The van der Waals surface area contributed by atoms with Gasteiger partial charge in [0.15, 0.2) is 0 Å². The molecule has 0 radical (unpaired) electrons. The Balaban J connectivity index is 1.89. The molecule has 0 spiro atoms. The van der Waals surface area contributed by atoms with Gasteiger partial charge in [0, 0.05) is 23.4 Å². The third-order valence-electron chi connectivity index (χ3n) is 4.31. The van der Waals surface area contributed by atoms with Gasteiger partial charge in [-0.25, -0.2) is 0 Å². The summed E-state index contributed by atoms with van der Waals surface area (Å²) < 4.78 is 48.9. The zero-order valence-corrected chi connectivity index (χ0v) is 15.6. The number of ether oxygens (including phenoxy) is 2. The first-order chi connectivity index (χ1) is 12.8. The Morgan fingerprint density at radius 2 is 1.81 bits per heavy atom. The molecule has 0 aromatic heterocycles. The third kappa shape index (κ3) is 4.00. The van der Waals surface area contributed by atoms with Gasteiger partial charge in [-0.3, -0.25) is 4.79 Å². The molecule has 1 atom stereocenters. The molecule has 1 unspecified atom stereocenters. The summed E-state index contributed by atoms with van der Waals surface area (Å²) in [6.45, 7) is 0.496. The van der Waals surface area contributed by atoms with E-state index >= 15 is 0 Å². The van der Waals surface area contributed by atoms with Crippen molar-refractivity contribution in [1.82, 2.24) is 4.90 Å². The second-order valence-electron chi connectivity index (χ2n) is 5.90. The van der Waals surface area contributed by atoms with Crippen LogP contribution in [0, 0.1) is 0 Å². The smallest absolute Gasteiger partial charge is 0.416 e. The summed E-state index contributed by atoms with van der Waals surface area (Å²) in [5.41, 5.74) is 0.234. The summed E-state index contributed by atoms with van der Waals surface area (Å²) in [5, 5.41) is -0.301. The Morgan fingerprint density at radius 1 is 1.11 bits per heavy atom. The number of alkyl halides is 3. The number of rotatable bonds is 4. The Hall–Kier alpha value is -2.35. The number of benzene rings is 2. The highest BCUT2D eigenvalue weighted by molar-refractivity contribution is 7.99. The monoisotopic (exact) mass is 397 g/mol. The Morgan fingerprint density at radius 3 is 2.41 bits per heavy atom. The number of carbonyl (C=O) groups is 1. The fourth-order valence-electron chi connectivity index (χ4n) is 2.94. The molecular weight excluding hydrogens is 379 g/mol. The molecule has 1 heterocycles. The minimum Gasteiger partial charge on any atom is -0.497 e. The highest BCUT2D eigenvalue weighted by atomic mass is 32.2. The number of thioether (sulfide) groups is 1. The zero-order chi connectivity index (χ0) is 19.6. The van der Waals surface area contributed by atoms with Gasteiger partial charge in [-0.2, -0.15) is 13.2 Å². The lowest BCUT2D eigenvalue weighted by Gasteiger charge is -2.26. The first kappa shape index (κ1) is 19.4. The van der Waals surface area contributed by atoms with Gasteiger partial charge >= 0.3 is 6.18 Å². The number of methoxy groups -OCH3 is 2. The van der Waals surface area contributed by atoms with Crippen LogP contribution in [-0.4, -0.2) is 37.3 Å². The van der Waals surface area contributed by atoms with Crippen LogP contribution >= 0.6 is 11.8 Å². The Bertz CT molecular complexity index is 824. The van der Waals surface area contributed by atoms with Gasteiger partial charge in [0.2, 0.25) is 0 Å². The molecule has 4 nitrogen and oxygen atoms in total. The normalized spacial score (nSPS) is 17.1. The van der Waals surface area contributed by atoms with Gasteiger partial charge in [0.05, 0.1) is 19.8 Å². The molecule has 3 rings (SSSR count). The van der Waals surface area contributed by atoms with Crippen molar-refractivity contribution in [3.05, 3.63) is 59.2 Å². The molecule has 1 aliphatic rings. The van der Waals surface area contributed by atoms with E-state index in [1.54, 1.807) is 43.0 Å². The van der Waals surface area contributed by atoms with Crippen molar-refractivity contribution in [1.29, 1.82) is 0 Å². The van der Waals surface area contributed by atoms with Crippen molar-refractivity contribution in [3.8, 4) is 11.5 Å². The second-order valence-corrected chi connectivity index (χ2v) is 7.09. The predicted octanol–water partition coefficient (Wildman–Crippen LogP) is 4.61. The largest absolute Gasteiger partial charge is 0.497 e. The predicted molar refractivity (Wildman–Crippen MR) is 97.2 cm³/mol. The minimum absolute atomic E-state index is 0.220. The first-order valence-electron chi connectivity index (χ1n) is 8.17. The van der Waals surface area contributed by atoms with Crippen LogP contribution in [0.4, 0.5) is 13.2 Å². The van der Waals surface area contributed by atoms with Crippen LogP contribution in [-0.2, 0) is 6.18 Å². The maximum atomic E-state index is 12.9. The van der Waals surface area contributed by atoms with E-state index < -0.39 is 11.7 Å². The van der Waals surface area contributed by atoms with Gasteiger partial charge in [-0.05, 0) is 42.5 Å². The highest BCUT2D eigenvalue weighted by Gasteiger charge is 2.34. The van der Waals surface area contributed by atoms with Crippen molar-refractivity contribution in [2.75, 3.05) is 26.5 Å². The third-order valence-corrected chi connectivity index (χ3v) is 5.56. The van der Waals surface area contributed by atoms with E-state index in [9.17, 15) is 18.0 Å². The molecule has 0 aliphatic carbocycles. The average molecular weight is 397 g/mol. The van der Waals surface area contributed by atoms with Crippen LogP contribution in [0.25, 0.3) is 0 Å². The standard InChI is InChI=1S/C19H18F3NO3S/c1-25-14-7-8-16(26-2)15(11-14)18-23(9-10-27-18)17(24)12-3-5-13(6-4-12)19(20,21)22/h3-8,11,18H,9-10H2,1-2H3. The van der Waals surface area contributed by atoms with E-state index in [0.29, 0.717) is 18.0 Å². The number of nitrogens with zero attached hydrogens (tertiary/aromatic N) is 1. The molecule has 2 aromatic rings. The van der Waals surface area contributed by atoms with Crippen molar-refractivity contribution in [3.63, 3.8) is 0 Å². The topological polar surface area (TPSA) is 38.8 Å². The molecule has 0 N–H and O–H groups in total. The fraction of sp³-hybridized carbons (Fsp3) is 0.316. The van der Waals surface area contributed by atoms with E-state index in [1.807, 2.05) is 6.07 Å². The van der Waals surface area contributed by atoms with Gasteiger partial charge in [0.1, 0.15) is 16.9 Å². The van der Waals surface area contributed by atoms with Gasteiger partial charge < -0.3 is 14.4 Å². The van der Waals surface area contributed by atoms with Gasteiger partial charge in [-0.1, -0.05) is 0 Å². The number of halogens is 3. The first-order valence-corrected chi connectivity index (χ1v) is 9.22. The number of hydrogen-bond acceptors (Lipinski definition) is 4. The lowest BCUT2D eigenvalue weighted by Crippen LogP contribution is -2.30. The lowest BCUT2D eigenvalue weighted by molar-refractivity contribution is -0.137. The van der Waals surface area contributed by atoms with Crippen molar-refractivity contribution < 1.29 is 27.4 Å². The summed E-state index contributed by atoms with van der Waals surface area (Å²) in [4.78, 5) is 14.5. The molecule has 1 aliphatic heterocycles. The molecule has 8 heteroatoms. The van der Waals surface area contributed by atoms with E-state index in [1.165, 1.54) is 12.1 Å². The summed E-state index contributed by atoms with van der Waals surface area (Å²) in [6.07, 6.45) is -4.43. The van der Waals surface area contributed by atoms with Crippen LogP contribution in [0.5, 0.6) is 11.5 Å². The fourth-order valence-corrected chi connectivity index (χ4v) is 4.21. The summed E-state index contributed by atoms with van der Waals surface area (Å²) >= 11 is 1.57. The maximum absolute atomic E-state index is 12.9. The van der Waals surface area contributed by atoms with Crippen molar-refractivity contribution in [2.45, 2.75) is 11.6 Å². The SMILES string of the molecule is COc1ccc(OC)c(C2SCCN2C(=O)c2ccc(C(F)(F)F)cc2)c1. The zero-order valence-electron chi connectivity index (χ0n) is 14.7. The summed E-state index contributed by atoms with van der Waals surface area (Å²) in [5.74, 6) is 1.67. The molecule has 27 heavy (non-hydrogen) atoms. The molecule has 0 saturated carbocycles. The summed E-state index contributed by atoms with van der Waals surface area (Å²) in [7, 11) is 3.10. The Kier molecular flexibility index (Phi) is 5.55. The number of carbonyl (C=O) groups excluding carboxylic acids is 1. The number of hydrogen-bond donors (Lipinski definition) is 0. The quantitative estimate of drug-likeness (QED) is 0.755. The lowest BCUT2D eigenvalue weighted by atomic mass is 10.1. The molecule has 1 amide bonds. The van der Waals surface area contributed by atoms with Crippen LogP contribution in [0.3, 0.4) is 0 Å². The molecule has 144 valence electrons. The maximum Gasteiger partial charge on any atom is 0.416 e. The Labute approximate surface area is 159 Å².